The van der Waals surface area contributed by atoms with Crippen molar-refractivity contribution >= 4 is 16.6 Å². The van der Waals surface area contributed by atoms with Gasteiger partial charge >= 0.3 is 0 Å². The highest BCUT2D eigenvalue weighted by Crippen LogP contribution is 2.26. The van der Waals surface area contributed by atoms with E-state index in [-0.39, 0.29) is 5.75 Å². The van der Waals surface area contributed by atoms with Crippen LogP contribution in [-0.4, -0.2) is 28.7 Å². The van der Waals surface area contributed by atoms with E-state index in [4.69, 9.17) is 0 Å². The van der Waals surface area contributed by atoms with E-state index in [9.17, 15) is 5.11 Å². The van der Waals surface area contributed by atoms with Gasteiger partial charge in [0.05, 0.1) is 0 Å². The molecule has 3 N–H and O–H groups in total. The number of nitrogens with zero attached hydrogens (tertiary/aromatic N) is 1. The Balaban J connectivity index is 1.89. The molecule has 2 atom stereocenters. The van der Waals surface area contributed by atoms with Gasteiger partial charge in [0.2, 0.25) is 0 Å². The number of benzene rings is 1. The first-order valence-electron chi connectivity index (χ1n) is 6.80. The molecule has 3 rings (SSSR count). The van der Waals surface area contributed by atoms with Gasteiger partial charge in [-0.3, -0.25) is 0 Å². The lowest BCUT2D eigenvalue weighted by Gasteiger charge is -2.29. The Morgan fingerprint density at radius 1 is 1.37 bits per heavy atom. The van der Waals surface area contributed by atoms with Crippen LogP contribution in [0.4, 0.5) is 5.82 Å². The maximum atomic E-state index is 9.64. The molecule has 2 unspecified atom stereocenters. The molecular weight excluding hydrogens is 238 g/mol. The molecule has 1 aliphatic rings. The van der Waals surface area contributed by atoms with E-state index in [1.54, 1.807) is 12.1 Å². The second-order valence-corrected chi connectivity index (χ2v) is 5.29. The van der Waals surface area contributed by atoms with Crippen molar-refractivity contribution in [1.82, 2.24) is 10.3 Å². The van der Waals surface area contributed by atoms with E-state index in [1.165, 1.54) is 0 Å². The minimum Gasteiger partial charge on any atom is -0.508 e. The number of phenols is 1. The third kappa shape index (κ3) is 2.63. The highest BCUT2D eigenvalue weighted by molar-refractivity contribution is 5.92. The van der Waals surface area contributed by atoms with Crippen LogP contribution < -0.4 is 10.6 Å². The van der Waals surface area contributed by atoms with Crippen molar-refractivity contribution in [2.24, 2.45) is 0 Å². The molecule has 2 aromatic rings. The van der Waals surface area contributed by atoms with E-state index in [2.05, 4.69) is 22.5 Å². The SMILES string of the molecule is CC1CC(Nc2nccc3ccc(O)cc23)CCN1. The first kappa shape index (κ1) is 12.2. The van der Waals surface area contributed by atoms with Gasteiger partial charge in [-0.25, -0.2) is 4.98 Å². The van der Waals surface area contributed by atoms with Crippen molar-refractivity contribution in [3.8, 4) is 5.75 Å². The second kappa shape index (κ2) is 5.05. The Morgan fingerprint density at radius 2 is 2.26 bits per heavy atom. The Bertz CT molecular complexity index is 585. The zero-order valence-corrected chi connectivity index (χ0v) is 11.1. The molecule has 1 saturated heterocycles. The highest BCUT2D eigenvalue weighted by atomic mass is 16.3. The summed E-state index contributed by atoms with van der Waals surface area (Å²) in [6.45, 7) is 3.24. The van der Waals surface area contributed by atoms with E-state index in [1.807, 2.05) is 18.3 Å². The maximum Gasteiger partial charge on any atom is 0.134 e. The van der Waals surface area contributed by atoms with Gasteiger partial charge in [0, 0.05) is 23.7 Å². The molecule has 0 bridgehead atoms. The van der Waals surface area contributed by atoms with Crippen LogP contribution >= 0.6 is 0 Å². The molecule has 0 spiro atoms. The summed E-state index contributed by atoms with van der Waals surface area (Å²) >= 11 is 0. The van der Waals surface area contributed by atoms with Crippen LogP contribution in [0.15, 0.2) is 30.5 Å². The van der Waals surface area contributed by atoms with Gasteiger partial charge in [0.15, 0.2) is 0 Å². The molecule has 4 nitrogen and oxygen atoms in total. The minimum absolute atomic E-state index is 0.280. The predicted octanol–water partition coefficient (Wildman–Crippen LogP) is 2.49. The molecule has 1 aromatic heterocycles. The molecular formula is C15H19N3O. The van der Waals surface area contributed by atoms with Gasteiger partial charge in [-0.1, -0.05) is 6.07 Å². The number of hydrogen-bond donors (Lipinski definition) is 3. The van der Waals surface area contributed by atoms with Crippen LogP contribution in [0.2, 0.25) is 0 Å². The van der Waals surface area contributed by atoms with Crippen LogP contribution in [-0.2, 0) is 0 Å². The molecule has 2 heterocycles. The van der Waals surface area contributed by atoms with Crippen LogP contribution in [0, 0.1) is 0 Å². The molecule has 0 saturated carbocycles. The molecule has 4 heteroatoms. The summed E-state index contributed by atoms with van der Waals surface area (Å²) in [6, 6.07) is 8.34. The summed E-state index contributed by atoms with van der Waals surface area (Å²) in [5, 5.41) is 18.7. The lowest BCUT2D eigenvalue weighted by molar-refractivity contribution is 0.396. The molecule has 0 amide bonds. The molecule has 19 heavy (non-hydrogen) atoms. The second-order valence-electron chi connectivity index (χ2n) is 5.29. The van der Waals surface area contributed by atoms with Crippen molar-refractivity contribution in [2.45, 2.75) is 31.8 Å². The normalized spacial score (nSPS) is 23.4. The number of aromatic nitrogens is 1. The molecule has 1 aliphatic heterocycles. The zero-order chi connectivity index (χ0) is 13.2. The topological polar surface area (TPSA) is 57.2 Å². The third-order valence-electron chi connectivity index (χ3n) is 3.71. The molecule has 0 radical (unpaired) electrons. The number of pyridine rings is 1. The minimum atomic E-state index is 0.280. The Kier molecular flexibility index (Phi) is 3.25. The Hall–Kier alpha value is -1.81. The molecule has 1 fully saturated rings. The summed E-state index contributed by atoms with van der Waals surface area (Å²) in [4.78, 5) is 4.42. The van der Waals surface area contributed by atoms with Gasteiger partial charge in [0.25, 0.3) is 0 Å². The summed E-state index contributed by atoms with van der Waals surface area (Å²) in [6.07, 6.45) is 4.00. The van der Waals surface area contributed by atoms with Crippen molar-refractivity contribution in [3.05, 3.63) is 30.5 Å². The quantitative estimate of drug-likeness (QED) is 0.773. The maximum absolute atomic E-state index is 9.64. The van der Waals surface area contributed by atoms with Crippen molar-refractivity contribution in [1.29, 1.82) is 0 Å². The summed E-state index contributed by atoms with van der Waals surface area (Å²) in [5.74, 6) is 1.15. The van der Waals surface area contributed by atoms with Crippen molar-refractivity contribution in [2.75, 3.05) is 11.9 Å². The van der Waals surface area contributed by atoms with Gasteiger partial charge < -0.3 is 15.7 Å². The van der Waals surface area contributed by atoms with Gasteiger partial charge in [-0.05, 0) is 49.9 Å². The molecule has 100 valence electrons. The average Bonchev–Trinajstić information content (AvgIpc) is 2.39. The third-order valence-corrected chi connectivity index (χ3v) is 3.71. The Labute approximate surface area is 112 Å². The first-order valence-corrected chi connectivity index (χ1v) is 6.80. The summed E-state index contributed by atoms with van der Waals surface area (Å²) in [7, 11) is 0. The average molecular weight is 257 g/mol. The highest BCUT2D eigenvalue weighted by Gasteiger charge is 2.19. The zero-order valence-electron chi connectivity index (χ0n) is 11.1. The lowest BCUT2D eigenvalue weighted by atomic mass is 10.0. The number of nitrogens with one attached hydrogen (secondary N) is 2. The van der Waals surface area contributed by atoms with Gasteiger partial charge in [0.1, 0.15) is 11.6 Å². The first-order chi connectivity index (χ1) is 9.22. The van der Waals surface area contributed by atoms with E-state index in [0.717, 1.165) is 36.0 Å². The van der Waals surface area contributed by atoms with Gasteiger partial charge in [-0.15, -0.1) is 0 Å². The smallest absolute Gasteiger partial charge is 0.134 e. The Morgan fingerprint density at radius 3 is 3.11 bits per heavy atom. The van der Waals surface area contributed by atoms with Crippen molar-refractivity contribution in [3.63, 3.8) is 0 Å². The van der Waals surface area contributed by atoms with E-state index >= 15 is 0 Å². The summed E-state index contributed by atoms with van der Waals surface area (Å²) in [5.41, 5.74) is 0. The predicted molar refractivity (Wildman–Crippen MR) is 77.5 cm³/mol. The van der Waals surface area contributed by atoms with Crippen molar-refractivity contribution < 1.29 is 5.11 Å². The number of aromatic hydroxyl groups is 1. The monoisotopic (exact) mass is 257 g/mol. The number of phenolic OH excluding ortho intramolecular Hbond substituents is 1. The van der Waals surface area contributed by atoms with E-state index in [0.29, 0.717) is 12.1 Å². The number of rotatable bonds is 2. The van der Waals surface area contributed by atoms with Gasteiger partial charge in [-0.2, -0.15) is 0 Å². The van der Waals surface area contributed by atoms with Crippen LogP contribution in [0.3, 0.4) is 0 Å². The number of piperidine rings is 1. The molecule has 1 aromatic carbocycles. The number of anilines is 1. The largest absolute Gasteiger partial charge is 0.508 e. The van der Waals surface area contributed by atoms with Crippen LogP contribution in [0.25, 0.3) is 10.8 Å². The lowest BCUT2D eigenvalue weighted by Crippen LogP contribution is -2.41. The van der Waals surface area contributed by atoms with E-state index < -0.39 is 0 Å². The fourth-order valence-corrected chi connectivity index (χ4v) is 2.73. The molecule has 0 aliphatic carbocycles. The van der Waals surface area contributed by atoms with Crippen LogP contribution in [0.5, 0.6) is 5.75 Å². The standard InChI is InChI=1S/C15H19N3O/c1-10-8-12(5-7-16-10)18-15-14-9-13(19)3-2-11(14)4-6-17-15/h2-4,6,9-10,12,16,19H,5,7-8H2,1H3,(H,17,18). The fourth-order valence-electron chi connectivity index (χ4n) is 2.73. The summed E-state index contributed by atoms with van der Waals surface area (Å²) < 4.78 is 0. The number of hydrogen-bond acceptors (Lipinski definition) is 4. The van der Waals surface area contributed by atoms with Crippen LogP contribution in [0.1, 0.15) is 19.8 Å². The fraction of sp³-hybridized carbons (Fsp3) is 0.400. The number of fused-ring (bicyclic) bond motifs is 1.